The Hall–Kier alpha value is -2.68. The van der Waals surface area contributed by atoms with E-state index in [0.717, 1.165) is 23.1 Å². The molecule has 32 heavy (non-hydrogen) atoms. The maximum Gasteiger partial charge on any atom is 0.243 e. The van der Waals surface area contributed by atoms with Gasteiger partial charge in [0.05, 0.1) is 11.4 Å². The molecule has 1 amide bonds. The number of amides is 1. The van der Waals surface area contributed by atoms with E-state index in [1.807, 2.05) is 55.3 Å². The van der Waals surface area contributed by atoms with Crippen molar-refractivity contribution in [1.29, 1.82) is 0 Å². The maximum atomic E-state index is 13.0. The van der Waals surface area contributed by atoms with Crippen molar-refractivity contribution >= 4 is 26.8 Å². The molecule has 1 fully saturated rings. The number of rotatable bonds is 7. The minimum atomic E-state index is -3.52. The Balaban J connectivity index is 1.25. The molecule has 2 heterocycles. The number of aryl methyl sites for hydroxylation is 2. The first kappa shape index (κ1) is 22.5. The van der Waals surface area contributed by atoms with E-state index in [-0.39, 0.29) is 12.5 Å². The predicted molar refractivity (Wildman–Crippen MR) is 126 cm³/mol. The van der Waals surface area contributed by atoms with E-state index in [1.54, 1.807) is 6.07 Å². The topological polar surface area (TPSA) is 85.5 Å². The van der Waals surface area contributed by atoms with Crippen molar-refractivity contribution in [3.8, 4) is 0 Å². The van der Waals surface area contributed by atoms with Gasteiger partial charge in [-0.15, -0.1) is 0 Å². The summed E-state index contributed by atoms with van der Waals surface area (Å²) in [7, 11) is -3.52. The number of carbonyl (C=O) groups is 1. The van der Waals surface area contributed by atoms with Crippen LogP contribution >= 0.6 is 0 Å². The summed E-state index contributed by atoms with van der Waals surface area (Å²) in [5, 5.41) is 4.17. The van der Waals surface area contributed by atoms with Gasteiger partial charge in [0.1, 0.15) is 0 Å². The van der Waals surface area contributed by atoms with Crippen LogP contribution in [-0.2, 0) is 21.2 Å². The number of carbonyl (C=O) groups excluding carboxylic acids is 1. The van der Waals surface area contributed by atoms with Gasteiger partial charge in [0.2, 0.25) is 15.9 Å². The zero-order valence-electron chi connectivity index (χ0n) is 18.6. The Morgan fingerprint density at radius 1 is 1.06 bits per heavy atom. The molecular formula is C24H30N4O3S. The fourth-order valence-electron chi connectivity index (χ4n) is 4.29. The molecule has 1 saturated heterocycles. The molecule has 2 N–H and O–H groups in total. The number of nitrogens with zero attached hydrogens (tertiary/aromatic N) is 2. The molecule has 0 unspecified atom stereocenters. The molecule has 0 saturated carbocycles. The summed E-state index contributed by atoms with van der Waals surface area (Å²) in [5.41, 5.74) is 4.09. The van der Waals surface area contributed by atoms with Crippen molar-refractivity contribution in [3.63, 3.8) is 0 Å². The molecule has 0 atom stereocenters. The fourth-order valence-corrected chi connectivity index (χ4v) is 5.92. The van der Waals surface area contributed by atoms with E-state index in [1.165, 1.54) is 15.3 Å². The highest BCUT2D eigenvalue weighted by molar-refractivity contribution is 7.89. The molecule has 1 aliphatic rings. The Morgan fingerprint density at radius 3 is 2.56 bits per heavy atom. The zero-order valence-corrected chi connectivity index (χ0v) is 19.4. The van der Waals surface area contributed by atoms with Crippen molar-refractivity contribution in [2.45, 2.75) is 25.2 Å². The van der Waals surface area contributed by atoms with E-state index in [2.05, 4.69) is 16.4 Å². The number of hydrogen-bond donors (Lipinski definition) is 2. The van der Waals surface area contributed by atoms with Gasteiger partial charge < -0.3 is 10.3 Å². The van der Waals surface area contributed by atoms with Crippen molar-refractivity contribution in [1.82, 2.24) is 19.5 Å². The van der Waals surface area contributed by atoms with Gasteiger partial charge in [-0.2, -0.15) is 4.31 Å². The van der Waals surface area contributed by atoms with Gasteiger partial charge in [-0.25, -0.2) is 8.42 Å². The second kappa shape index (κ2) is 9.44. The quantitative estimate of drug-likeness (QED) is 0.574. The van der Waals surface area contributed by atoms with Crippen LogP contribution in [0.1, 0.15) is 16.7 Å². The second-order valence-corrected chi connectivity index (χ2v) is 10.3. The molecule has 170 valence electrons. The van der Waals surface area contributed by atoms with Crippen LogP contribution < -0.4 is 5.32 Å². The average molecular weight is 455 g/mol. The van der Waals surface area contributed by atoms with Crippen LogP contribution in [0.4, 0.5) is 0 Å². The first-order valence-corrected chi connectivity index (χ1v) is 12.4. The van der Waals surface area contributed by atoms with E-state index in [0.29, 0.717) is 37.6 Å². The second-order valence-electron chi connectivity index (χ2n) is 8.41. The number of aromatic nitrogens is 1. The normalized spacial score (nSPS) is 15.8. The minimum absolute atomic E-state index is 0.0319. The summed E-state index contributed by atoms with van der Waals surface area (Å²) in [6.07, 6.45) is 2.75. The Bertz CT molecular complexity index is 1210. The maximum absolute atomic E-state index is 13.0. The molecular weight excluding hydrogens is 424 g/mol. The lowest BCUT2D eigenvalue weighted by Crippen LogP contribution is -2.51. The van der Waals surface area contributed by atoms with Gasteiger partial charge in [0.15, 0.2) is 0 Å². The third-order valence-corrected chi connectivity index (χ3v) is 8.10. The number of aromatic amines is 1. The number of H-pyrrole nitrogens is 1. The summed E-state index contributed by atoms with van der Waals surface area (Å²) in [6, 6.07) is 13.5. The zero-order chi connectivity index (χ0) is 22.7. The van der Waals surface area contributed by atoms with E-state index < -0.39 is 10.0 Å². The standard InChI is InChI=1S/C24H30N4O3S/c1-18-7-8-23(19(2)15-18)32(30,31)28-13-11-27(12-14-28)17-24(29)25-10-9-20-16-26-22-6-4-3-5-21(20)22/h3-8,15-16,26H,9-14,17H2,1-2H3,(H,25,29). The molecule has 0 radical (unpaired) electrons. The van der Waals surface area contributed by atoms with Crippen molar-refractivity contribution < 1.29 is 13.2 Å². The molecule has 3 aromatic rings. The number of sulfonamides is 1. The van der Waals surface area contributed by atoms with Gasteiger partial charge >= 0.3 is 0 Å². The Morgan fingerprint density at radius 2 is 1.81 bits per heavy atom. The van der Waals surface area contributed by atoms with Crippen molar-refractivity contribution in [3.05, 3.63) is 65.4 Å². The van der Waals surface area contributed by atoms with E-state index in [9.17, 15) is 13.2 Å². The first-order chi connectivity index (χ1) is 15.3. The summed E-state index contributed by atoms with van der Waals surface area (Å²) < 4.78 is 27.6. The number of para-hydroxylation sites is 1. The minimum Gasteiger partial charge on any atom is -0.361 e. The molecule has 8 heteroatoms. The van der Waals surface area contributed by atoms with Crippen molar-refractivity contribution in [2.24, 2.45) is 0 Å². The lowest BCUT2D eigenvalue weighted by atomic mass is 10.1. The number of benzene rings is 2. The fraction of sp³-hybridized carbons (Fsp3) is 0.375. The molecule has 1 aliphatic heterocycles. The highest BCUT2D eigenvalue weighted by Gasteiger charge is 2.30. The average Bonchev–Trinajstić information content (AvgIpc) is 3.17. The van der Waals surface area contributed by atoms with Crippen LogP contribution in [0.2, 0.25) is 0 Å². The Kier molecular flexibility index (Phi) is 6.64. The SMILES string of the molecule is Cc1ccc(S(=O)(=O)N2CCN(CC(=O)NCCc3c[nH]c4ccccc34)CC2)c(C)c1. The molecule has 0 spiro atoms. The number of nitrogens with one attached hydrogen (secondary N) is 2. The van der Waals surface area contributed by atoms with Crippen LogP contribution in [0.3, 0.4) is 0 Å². The molecule has 1 aromatic heterocycles. The third-order valence-electron chi connectivity index (χ3n) is 6.04. The van der Waals surface area contributed by atoms with Crippen molar-refractivity contribution in [2.75, 3.05) is 39.3 Å². The Labute approximate surface area is 189 Å². The third kappa shape index (κ3) is 4.87. The van der Waals surface area contributed by atoms with Crippen LogP contribution in [-0.4, -0.2) is 67.8 Å². The smallest absolute Gasteiger partial charge is 0.243 e. The van der Waals surface area contributed by atoms with Gasteiger partial charge in [-0.3, -0.25) is 9.69 Å². The predicted octanol–water partition coefficient (Wildman–Crippen LogP) is 2.45. The van der Waals surface area contributed by atoms with Crippen LogP contribution in [0.25, 0.3) is 10.9 Å². The summed E-state index contributed by atoms with van der Waals surface area (Å²) in [5.74, 6) is -0.0319. The largest absolute Gasteiger partial charge is 0.361 e. The van der Waals surface area contributed by atoms with Gasteiger partial charge in [0.25, 0.3) is 0 Å². The molecule has 0 aliphatic carbocycles. The monoisotopic (exact) mass is 454 g/mol. The first-order valence-electron chi connectivity index (χ1n) is 11.0. The van der Waals surface area contributed by atoms with Gasteiger partial charge in [-0.1, -0.05) is 35.9 Å². The lowest BCUT2D eigenvalue weighted by Gasteiger charge is -2.33. The van der Waals surface area contributed by atoms with Crippen LogP contribution in [0.15, 0.2) is 53.6 Å². The highest BCUT2D eigenvalue weighted by atomic mass is 32.2. The molecule has 2 aromatic carbocycles. The number of fused-ring (bicyclic) bond motifs is 1. The summed E-state index contributed by atoms with van der Waals surface area (Å²) >= 11 is 0. The van der Waals surface area contributed by atoms with E-state index >= 15 is 0 Å². The summed E-state index contributed by atoms with van der Waals surface area (Å²) in [4.78, 5) is 18.0. The molecule has 7 nitrogen and oxygen atoms in total. The van der Waals surface area contributed by atoms with Gasteiger partial charge in [-0.05, 0) is 43.5 Å². The number of hydrogen-bond acceptors (Lipinski definition) is 4. The number of piperazine rings is 1. The molecule has 4 rings (SSSR count). The highest BCUT2D eigenvalue weighted by Crippen LogP contribution is 2.22. The molecule has 0 bridgehead atoms. The lowest BCUT2D eigenvalue weighted by molar-refractivity contribution is -0.122. The van der Waals surface area contributed by atoms with E-state index in [4.69, 9.17) is 0 Å². The van der Waals surface area contributed by atoms with Gasteiger partial charge in [0, 0.05) is 49.8 Å². The van der Waals surface area contributed by atoms with Crippen LogP contribution in [0.5, 0.6) is 0 Å². The van der Waals surface area contributed by atoms with Crippen LogP contribution in [0, 0.1) is 13.8 Å². The summed E-state index contributed by atoms with van der Waals surface area (Å²) in [6.45, 7) is 6.49.